The topological polar surface area (TPSA) is 0 Å². The van der Waals surface area contributed by atoms with E-state index in [-0.39, 0.29) is 0 Å². The van der Waals surface area contributed by atoms with E-state index in [2.05, 4.69) is 25.3 Å². The summed E-state index contributed by atoms with van der Waals surface area (Å²) < 4.78 is 0. The Morgan fingerprint density at radius 1 is 0.647 bits per heavy atom. The third kappa shape index (κ3) is 3.72. The lowest BCUT2D eigenvalue weighted by atomic mass is 9.73. The van der Waals surface area contributed by atoms with Crippen molar-refractivity contribution in [1.29, 1.82) is 0 Å². The zero-order valence-corrected chi connectivity index (χ0v) is 11.2. The predicted molar refractivity (Wildman–Crippen MR) is 75.9 cm³/mol. The number of hydrogen-bond acceptors (Lipinski definition) is 0. The average molecular weight is 232 g/mol. The lowest BCUT2D eigenvalue weighted by molar-refractivity contribution is 0.214. The van der Waals surface area contributed by atoms with E-state index in [1.54, 1.807) is 0 Å². The molecule has 17 heavy (non-hydrogen) atoms. The Morgan fingerprint density at radius 2 is 1.00 bits per heavy atom. The Labute approximate surface area is 107 Å². The summed E-state index contributed by atoms with van der Waals surface area (Å²) in [7, 11) is 0. The molecule has 2 aliphatic carbocycles. The van der Waals surface area contributed by atoms with Crippen LogP contribution in [0.2, 0.25) is 0 Å². The fourth-order valence-electron chi connectivity index (χ4n) is 3.79. The monoisotopic (exact) mass is 232 g/mol. The van der Waals surface area contributed by atoms with Gasteiger partial charge >= 0.3 is 0 Å². The molecule has 2 fully saturated rings. The third-order valence-electron chi connectivity index (χ3n) is 5.12. The molecule has 2 aliphatic rings. The van der Waals surface area contributed by atoms with Gasteiger partial charge < -0.3 is 0 Å². The van der Waals surface area contributed by atoms with Gasteiger partial charge in [-0.15, -0.1) is 13.2 Å². The molecule has 2 saturated carbocycles. The lowest BCUT2D eigenvalue weighted by Crippen LogP contribution is -2.19. The molecule has 0 heterocycles. The standard InChI is InChI=1S/C17H28/c1-3-14-5-9-16(10-6-14)13-17-11-7-15(4-2)8-12-17/h3-4,14-17H,1-2,5-13H2. The smallest absolute Gasteiger partial charge is 0.0236 e. The molecule has 96 valence electrons. The Bertz CT molecular complexity index is 211. The normalized spacial score (nSPS) is 38.6. The minimum atomic E-state index is 0.822. The molecular weight excluding hydrogens is 204 g/mol. The maximum atomic E-state index is 3.93. The van der Waals surface area contributed by atoms with Gasteiger partial charge in [-0.3, -0.25) is 0 Å². The molecule has 0 amide bonds. The third-order valence-corrected chi connectivity index (χ3v) is 5.12. The van der Waals surface area contributed by atoms with Gasteiger partial charge in [0.25, 0.3) is 0 Å². The number of allylic oxidation sites excluding steroid dienone is 2. The summed E-state index contributed by atoms with van der Waals surface area (Å²) in [6.45, 7) is 7.87. The predicted octanol–water partition coefficient (Wildman–Crippen LogP) is 5.36. The Hall–Kier alpha value is -0.520. The van der Waals surface area contributed by atoms with Crippen molar-refractivity contribution < 1.29 is 0 Å². The molecule has 0 aromatic heterocycles. The summed E-state index contributed by atoms with van der Waals surface area (Å²) in [4.78, 5) is 0. The second-order valence-electron chi connectivity index (χ2n) is 6.27. The summed E-state index contributed by atoms with van der Waals surface area (Å²) >= 11 is 0. The van der Waals surface area contributed by atoms with Crippen LogP contribution in [0.5, 0.6) is 0 Å². The van der Waals surface area contributed by atoms with Crippen LogP contribution in [0.1, 0.15) is 57.8 Å². The Morgan fingerprint density at radius 3 is 1.29 bits per heavy atom. The van der Waals surface area contributed by atoms with Crippen LogP contribution < -0.4 is 0 Å². The molecule has 0 radical (unpaired) electrons. The molecule has 0 aromatic rings. The maximum absolute atomic E-state index is 3.93. The summed E-state index contributed by atoms with van der Waals surface area (Å²) in [6.07, 6.45) is 17.3. The fourth-order valence-corrected chi connectivity index (χ4v) is 3.79. The highest BCUT2D eigenvalue weighted by molar-refractivity contribution is 4.87. The van der Waals surface area contributed by atoms with Crippen molar-refractivity contribution in [2.24, 2.45) is 23.7 Å². The molecule has 0 unspecified atom stereocenters. The minimum Gasteiger partial charge on any atom is -0.103 e. The van der Waals surface area contributed by atoms with E-state index in [9.17, 15) is 0 Å². The minimum absolute atomic E-state index is 0.822. The Balaban J connectivity index is 1.68. The van der Waals surface area contributed by atoms with Crippen LogP contribution in [0.3, 0.4) is 0 Å². The van der Waals surface area contributed by atoms with Crippen LogP contribution in [0.4, 0.5) is 0 Å². The Kier molecular flexibility index (Phi) is 4.88. The van der Waals surface area contributed by atoms with Crippen LogP contribution >= 0.6 is 0 Å². The first-order valence-electron chi connectivity index (χ1n) is 7.57. The van der Waals surface area contributed by atoms with Gasteiger partial charge in [0.1, 0.15) is 0 Å². The number of hydrogen-bond donors (Lipinski definition) is 0. The van der Waals surface area contributed by atoms with Crippen LogP contribution in [-0.2, 0) is 0 Å². The molecule has 0 nitrogen and oxygen atoms in total. The summed E-state index contributed by atoms with van der Waals surface area (Å²) in [5, 5.41) is 0. The van der Waals surface area contributed by atoms with Crippen molar-refractivity contribution in [3.63, 3.8) is 0 Å². The number of rotatable bonds is 4. The van der Waals surface area contributed by atoms with Crippen LogP contribution in [0, 0.1) is 23.7 Å². The summed E-state index contributed by atoms with van der Waals surface area (Å²) in [5.41, 5.74) is 0. The van der Waals surface area contributed by atoms with Crippen molar-refractivity contribution in [2.45, 2.75) is 57.8 Å². The molecule has 0 N–H and O–H groups in total. The molecular formula is C17H28. The first kappa shape index (κ1) is 12.9. The van der Waals surface area contributed by atoms with Crippen molar-refractivity contribution >= 4 is 0 Å². The molecule has 0 bridgehead atoms. The van der Waals surface area contributed by atoms with E-state index >= 15 is 0 Å². The van der Waals surface area contributed by atoms with Gasteiger partial charge in [0.2, 0.25) is 0 Å². The van der Waals surface area contributed by atoms with E-state index in [0.717, 1.165) is 23.7 Å². The first-order valence-corrected chi connectivity index (χ1v) is 7.57. The quantitative estimate of drug-likeness (QED) is 0.572. The van der Waals surface area contributed by atoms with Gasteiger partial charge in [0.15, 0.2) is 0 Å². The first-order chi connectivity index (χ1) is 8.31. The molecule has 2 rings (SSSR count). The van der Waals surface area contributed by atoms with E-state index in [4.69, 9.17) is 0 Å². The van der Waals surface area contributed by atoms with Crippen molar-refractivity contribution in [1.82, 2.24) is 0 Å². The molecule has 0 heteroatoms. The molecule has 0 atom stereocenters. The van der Waals surface area contributed by atoms with E-state index in [1.807, 2.05) is 0 Å². The van der Waals surface area contributed by atoms with Crippen molar-refractivity contribution in [3.05, 3.63) is 25.3 Å². The lowest BCUT2D eigenvalue weighted by Gasteiger charge is -2.32. The van der Waals surface area contributed by atoms with Crippen LogP contribution in [0.15, 0.2) is 25.3 Å². The van der Waals surface area contributed by atoms with Gasteiger partial charge in [-0.05, 0) is 81.5 Å². The molecule has 0 aromatic carbocycles. The van der Waals surface area contributed by atoms with E-state index < -0.39 is 0 Å². The van der Waals surface area contributed by atoms with Crippen LogP contribution in [0.25, 0.3) is 0 Å². The van der Waals surface area contributed by atoms with Crippen molar-refractivity contribution in [2.75, 3.05) is 0 Å². The highest BCUT2D eigenvalue weighted by Crippen LogP contribution is 2.38. The van der Waals surface area contributed by atoms with Gasteiger partial charge in [0.05, 0.1) is 0 Å². The van der Waals surface area contributed by atoms with Gasteiger partial charge in [0, 0.05) is 0 Å². The van der Waals surface area contributed by atoms with Crippen LogP contribution in [-0.4, -0.2) is 0 Å². The molecule has 0 aliphatic heterocycles. The zero-order valence-electron chi connectivity index (χ0n) is 11.2. The maximum Gasteiger partial charge on any atom is -0.0236 e. The highest BCUT2D eigenvalue weighted by atomic mass is 14.3. The van der Waals surface area contributed by atoms with E-state index in [1.165, 1.54) is 57.8 Å². The SMILES string of the molecule is C=CC1CCC(CC2CCC(C=C)CC2)CC1. The highest BCUT2D eigenvalue weighted by Gasteiger charge is 2.25. The van der Waals surface area contributed by atoms with E-state index in [0.29, 0.717) is 0 Å². The van der Waals surface area contributed by atoms with Gasteiger partial charge in [-0.25, -0.2) is 0 Å². The van der Waals surface area contributed by atoms with Gasteiger partial charge in [-0.2, -0.15) is 0 Å². The van der Waals surface area contributed by atoms with Gasteiger partial charge in [-0.1, -0.05) is 12.2 Å². The largest absolute Gasteiger partial charge is 0.103 e. The molecule has 0 spiro atoms. The molecule has 0 saturated heterocycles. The second-order valence-corrected chi connectivity index (χ2v) is 6.27. The fraction of sp³-hybridized carbons (Fsp3) is 0.765. The second kappa shape index (κ2) is 6.42. The zero-order chi connectivity index (χ0) is 12.1. The average Bonchev–Trinajstić information content (AvgIpc) is 2.40. The van der Waals surface area contributed by atoms with Crippen molar-refractivity contribution in [3.8, 4) is 0 Å². The summed E-state index contributed by atoms with van der Waals surface area (Å²) in [5.74, 6) is 3.69. The summed E-state index contributed by atoms with van der Waals surface area (Å²) in [6, 6.07) is 0.